The Morgan fingerprint density at radius 2 is 1.88 bits per heavy atom. The molecule has 1 unspecified atom stereocenters. The number of carbonyl (C=O) groups is 1. The van der Waals surface area contributed by atoms with E-state index in [2.05, 4.69) is 4.90 Å². The second-order valence-electron chi connectivity index (χ2n) is 5.93. The van der Waals surface area contributed by atoms with Crippen molar-refractivity contribution in [3.05, 3.63) is 0 Å². The van der Waals surface area contributed by atoms with Gasteiger partial charge in [-0.2, -0.15) is 0 Å². The van der Waals surface area contributed by atoms with Gasteiger partial charge < -0.3 is 10.6 Å². The number of rotatable bonds is 6. The summed E-state index contributed by atoms with van der Waals surface area (Å²) in [5.41, 5.74) is 6.04. The van der Waals surface area contributed by atoms with Crippen LogP contribution in [0.5, 0.6) is 0 Å². The Kier molecular flexibility index (Phi) is 2.66. The number of hydrogen-bond acceptors (Lipinski definition) is 2. The molecule has 0 bridgehead atoms. The van der Waals surface area contributed by atoms with Crippen molar-refractivity contribution in [1.29, 1.82) is 0 Å². The first kappa shape index (κ1) is 10.6. The standard InChI is InChI=1S/C13H22N2O/c14-12(10-3-4-10)7-13(16)15(11-5-6-11)8-9-1-2-9/h9-12H,1-8,14H2. The van der Waals surface area contributed by atoms with Crippen molar-refractivity contribution in [2.24, 2.45) is 17.6 Å². The van der Waals surface area contributed by atoms with Crippen LogP contribution in [0.25, 0.3) is 0 Å². The third-order valence-corrected chi connectivity index (χ3v) is 4.10. The van der Waals surface area contributed by atoms with E-state index in [-0.39, 0.29) is 6.04 Å². The number of amides is 1. The van der Waals surface area contributed by atoms with Crippen molar-refractivity contribution >= 4 is 5.91 Å². The molecule has 3 aliphatic carbocycles. The van der Waals surface area contributed by atoms with Gasteiger partial charge in [-0.25, -0.2) is 0 Å². The van der Waals surface area contributed by atoms with E-state index in [1.165, 1.54) is 38.5 Å². The van der Waals surface area contributed by atoms with Crippen LogP contribution >= 0.6 is 0 Å². The Hall–Kier alpha value is -0.570. The van der Waals surface area contributed by atoms with Crippen LogP contribution < -0.4 is 5.73 Å². The third-order valence-electron chi connectivity index (χ3n) is 4.10. The second kappa shape index (κ2) is 4.02. The van der Waals surface area contributed by atoms with Crippen LogP contribution in [0.2, 0.25) is 0 Å². The van der Waals surface area contributed by atoms with Crippen molar-refractivity contribution in [1.82, 2.24) is 4.90 Å². The third kappa shape index (κ3) is 2.57. The number of carbonyl (C=O) groups excluding carboxylic acids is 1. The van der Waals surface area contributed by atoms with Gasteiger partial charge in [0, 0.05) is 25.0 Å². The average Bonchev–Trinajstić information content (AvgIpc) is 3.16. The number of nitrogens with two attached hydrogens (primary N) is 1. The second-order valence-corrected chi connectivity index (χ2v) is 5.93. The lowest BCUT2D eigenvalue weighted by molar-refractivity contribution is -0.132. The zero-order valence-corrected chi connectivity index (χ0v) is 9.90. The molecule has 3 aliphatic rings. The molecule has 3 nitrogen and oxygen atoms in total. The van der Waals surface area contributed by atoms with Gasteiger partial charge in [0.25, 0.3) is 0 Å². The van der Waals surface area contributed by atoms with E-state index in [0.717, 1.165) is 12.5 Å². The van der Waals surface area contributed by atoms with E-state index in [1.54, 1.807) is 0 Å². The molecule has 0 aliphatic heterocycles. The quantitative estimate of drug-likeness (QED) is 0.740. The summed E-state index contributed by atoms with van der Waals surface area (Å²) < 4.78 is 0. The van der Waals surface area contributed by atoms with Crippen LogP contribution in [0.1, 0.15) is 44.9 Å². The Balaban J connectivity index is 1.52. The van der Waals surface area contributed by atoms with Crippen molar-refractivity contribution in [2.45, 2.75) is 57.0 Å². The van der Waals surface area contributed by atoms with Gasteiger partial charge in [0.2, 0.25) is 5.91 Å². The molecule has 0 aromatic rings. The normalized spacial score (nSPS) is 26.6. The van der Waals surface area contributed by atoms with Crippen molar-refractivity contribution in [3.8, 4) is 0 Å². The first-order valence-electron chi connectivity index (χ1n) is 6.79. The highest BCUT2D eigenvalue weighted by atomic mass is 16.2. The maximum atomic E-state index is 12.2. The predicted molar refractivity (Wildman–Crippen MR) is 62.8 cm³/mol. The molecule has 0 aromatic carbocycles. The minimum absolute atomic E-state index is 0.132. The molecule has 1 atom stereocenters. The van der Waals surface area contributed by atoms with E-state index in [4.69, 9.17) is 5.73 Å². The zero-order valence-electron chi connectivity index (χ0n) is 9.90. The van der Waals surface area contributed by atoms with Gasteiger partial charge in [-0.05, 0) is 50.4 Å². The lowest BCUT2D eigenvalue weighted by Crippen LogP contribution is -2.39. The molecule has 16 heavy (non-hydrogen) atoms. The van der Waals surface area contributed by atoms with Gasteiger partial charge in [0.05, 0.1) is 0 Å². The molecule has 3 fully saturated rings. The minimum Gasteiger partial charge on any atom is -0.339 e. The van der Waals surface area contributed by atoms with Gasteiger partial charge in [0.1, 0.15) is 0 Å². The van der Waals surface area contributed by atoms with Crippen molar-refractivity contribution < 1.29 is 4.79 Å². The van der Waals surface area contributed by atoms with Crippen LogP contribution in [0, 0.1) is 11.8 Å². The molecule has 90 valence electrons. The van der Waals surface area contributed by atoms with E-state index in [0.29, 0.717) is 24.3 Å². The van der Waals surface area contributed by atoms with E-state index < -0.39 is 0 Å². The van der Waals surface area contributed by atoms with Gasteiger partial charge in [-0.15, -0.1) is 0 Å². The van der Waals surface area contributed by atoms with E-state index >= 15 is 0 Å². The van der Waals surface area contributed by atoms with Crippen molar-refractivity contribution in [2.75, 3.05) is 6.54 Å². The minimum atomic E-state index is 0.132. The lowest BCUT2D eigenvalue weighted by Gasteiger charge is -2.24. The molecule has 0 saturated heterocycles. The smallest absolute Gasteiger partial charge is 0.224 e. The summed E-state index contributed by atoms with van der Waals surface area (Å²) in [4.78, 5) is 14.3. The van der Waals surface area contributed by atoms with Crippen LogP contribution in [-0.2, 0) is 4.79 Å². The van der Waals surface area contributed by atoms with Crippen LogP contribution in [0.15, 0.2) is 0 Å². The molecule has 0 radical (unpaired) electrons. The highest BCUT2D eigenvalue weighted by molar-refractivity contribution is 5.77. The molecule has 2 N–H and O–H groups in total. The monoisotopic (exact) mass is 222 g/mol. The summed E-state index contributed by atoms with van der Waals surface area (Å²) in [5.74, 6) is 1.78. The maximum absolute atomic E-state index is 12.2. The molecule has 0 heterocycles. The zero-order chi connectivity index (χ0) is 11.1. The fourth-order valence-corrected chi connectivity index (χ4v) is 2.43. The molecule has 0 aromatic heterocycles. The Labute approximate surface area is 97.4 Å². The lowest BCUT2D eigenvalue weighted by atomic mass is 10.1. The summed E-state index contributed by atoms with van der Waals surface area (Å²) in [5, 5.41) is 0. The van der Waals surface area contributed by atoms with E-state index in [9.17, 15) is 4.79 Å². The van der Waals surface area contributed by atoms with Crippen LogP contribution in [0.3, 0.4) is 0 Å². The molecular formula is C13H22N2O. The van der Waals surface area contributed by atoms with Gasteiger partial charge in [-0.3, -0.25) is 4.79 Å². The topological polar surface area (TPSA) is 46.3 Å². The van der Waals surface area contributed by atoms with E-state index in [1.807, 2.05) is 0 Å². The molecule has 3 rings (SSSR count). The first-order valence-corrected chi connectivity index (χ1v) is 6.79. The SMILES string of the molecule is NC(CC(=O)N(CC1CC1)C1CC1)C1CC1. The van der Waals surface area contributed by atoms with Crippen LogP contribution in [0.4, 0.5) is 0 Å². The fraction of sp³-hybridized carbons (Fsp3) is 0.923. The molecule has 3 heteroatoms. The maximum Gasteiger partial charge on any atom is 0.224 e. The molecular weight excluding hydrogens is 200 g/mol. The Morgan fingerprint density at radius 1 is 1.19 bits per heavy atom. The summed E-state index contributed by atoms with van der Waals surface area (Å²) in [6.07, 6.45) is 8.15. The first-order chi connectivity index (χ1) is 7.74. The Morgan fingerprint density at radius 3 is 2.38 bits per heavy atom. The fourth-order valence-electron chi connectivity index (χ4n) is 2.43. The summed E-state index contributed by atoms with van der Waals surface area (Å²) in [6, 6.07) is 0.701. The number of nitrogens with zero attached hydrogens (tertiary/aromatic N) is 1. The predicted octanol–water partition coefficient (Wildman–Crippen LogP) is 1.51. The highest BCUT2D eigenvalue weighted by Gasteiger charge is 2.38. The summed E-state index contributed by atoms with van der Waals surface area (Å²) in [7, 11) is 0. The highest BCUT2D eigenvalue weighted by Crippen LogP contribution is 2.37. The summed E-state index contributed by atoms with van der Waals surface area (Å²) in [6.45, 7) is 1.01. The number of hydrogen-bond donors (Lipinski definition) is 1. The largest absolute Gasteiger partial charge is 0.339 e. The van der Waals surface area contributed by atoms with Crippen LogP contribution in [-0.4, -0.2) is 29.4 Å². The van der Waals surface area contributed by atoms with Crippen molar-refractivity contribution in [3.63, 3.8) is 0 Å². The van der Waals surface area contributed by atoms with Gasteiger partial charge in [0.15, 0.2) is 0 Å². The van der Waals surface area contributed by atoms with Gasteiger partial charge in [-0.1, -0.05) is 0 Å². The average molecular weight is 222 g/mol. The molecule has 3 saturated carbocycles. The molecule has 1 amide bonds. The Bertz CT molecular complexity index is 280. The molecule has 0 spiro atoms. The van der Waals surface area contributed by atoms with Gasteiger partial charge >= 0.3 is 0 Å². The summed E-state index contributed by atoms with van der Waals surface area (Å²) >= 11 is 0.